The first-order chi connectivity index (χ1) is 8.08. The van der Waals surface area contributed by atoms with Crippen molar-refractivity contribution >= 4 is 28.9 Å². The van der Waals surface area contributed by atoms with E-state index < -0.39 is 0 Å². The van der Waals surface area contributed by atoms with Crippen molar-refractivity contribution in [1.29, 1.82) is 0 Å². The summed E-state index contributed by atoms with van der Waals surface area (Å²) in [6.07, 6.45) is 1.46. The Bertz CT molecular complexity index is 563. The molecule has 0 fully saturated rings. The number of nitrogens with one attached hydrogen (secondary N) is 1. The lowest BCUT2D eigenvalue weighted by Gasteiger charge is -2.07. The quantitative estimate of drug-likeness (QED) is 0.805. The maximum absolute atomic E-state index is 11.9. The molecule has 0 unspecified atom stereocenters. The molecule has 17 heavy (non-hydrogen) atoms. The van der Waals surface area contributed by atoms with Gasteiger partial charge in [-0.1, -0.05) is 11.6 Å². The summed E-state index contributed by atoms with van der Waals surface area (Å²) in [5, 5.41) is 3.08. The van der Waals surface area contributed by atoms with Crippen molar-refractivity contribution in [2.75, 3.05) is 11.1 Å². The monoisotopic (exact) mass is 250 g/mol. The second-order valence-electron chi connectivity index (χ2n) is 3.63. The molecular formula is C12H11ClN2O2. The van der Waals surface area contributed by atoms with Gasteiger partial charge >= 0.3 is 0 Å². The molecular weight excluding hydrogens is 240 g/mol. The van der Waals surface area contributed by atoms with Gasteiger partial charge in [0.2, 0.25) is 0 Å². The van der Waals surface area contributed by atoms with E-state index >= 15 is 0 Å². The van der Waals surface area contributed by atoms with E-state index in [9.17, 15) is 4.79 Å². The standard InChI is InChI=1S/C12H11ClN2O2/c1-7-4-5-17-11(7)12(16)15-10-6-8(14)2-3-9(10)13/h2-6H,14H2,1H3,(H,15,16). The highest BCUT2D eigenvalue weighted by molar-refractivity contribution is 6.34. The van der Waals surface area contributed by atoms with Gasteiger partial charge in [-0.15, -0.1) is 0 Å². The molecule has 0 saturated carbocycles. The lowest BCUT2D eigenvalue weighted by atomic mass is 10.2. The predicted molar refractivity (Wildman–Crippen MR) is 67.3 cm³/mol. The molecule has 88 valence electrons. The van der Waals surface area contributed by atoms with Crippen molar-refractivity contribution in [2.24, 2.45) is 0 Å². The molecule has 0 aliphatic rings. The van der Waals surface area contributed by atoms with E-state index in [1.54, 1.807) is 31.2 Å². The van der Waals surface area contributed by atoms with Gasteiger partial charge in [0, 0.05) is 11.3 Å². The molecule has 0 radical (unpaired) electrons. The van der Waals surface area contributed by atoms with E-state index in [1.807, 2.05) is 0 Å². The van der Waals surface area contributed by atoms with E-state index in [4.69, 9.17) is 21.8 Å². The number of carbonyl (C=O) groups is 1. The van der Waals surface area contributed by atoms with E-state index in [2.05, 4.69) is 5.32 Å². The highest BCUT2D eigenvalue weighted by atomic mass is 35.5. The van der Waals surface area contributed by atoms with Crippen LogP contribution in [0.2, 0.25) is 5.02 Å². The first-order valence-electron chi connectivity index (χ1n) is 4.98. The number of halogens is 1. The van der Waals surface area contributed by atoms with Crippen molar-refractivity contribution in [3.05, 3.63) is 46.9 Å². The summed E-state index contributed by atoms with van der Waals surface area (Å²) in [6.45, 7) is 1.79. The Balaban J connectivity index is 2.24. The Morgan fingerprint density at radius 2 is 2.18 bits per heavy atom. The average Bonchev–Trinajstić information content (AvgIpc) is 2.70. The van der Waals surface area contributed by atoms with Gasteiger partial charge in [0.15, 0.2) is 5.76 Å². The van der Waals surface area contributed by atoms with E-state index in [0.29, 0.717) is 16.4 Å². The van der Waals surface area contributed by atoms with Crippen LogP contribution in [-0.2, 0) is 0 Å². The van der Waals surface area contributed by atoms with Gasteiger partial charge < -0.3 is 15.5 Å². The largest absolute Gasteiger partial charge is 0.459 e. The lowest BCUT2D eigenvalue weighted by Crippen LogP contribution is -2.12. The van der Waals surface area contributed by atoms with E-state index in [0.717, 1.165) is 5.56 Å². The van der Waals surface area contributed by atoms with Crippen LogP contribution in [0, 0.1) is 6.92 Å². The fourth-order valence-electron chi connectivity index (χ4n) is 1.42. The molecule has 0 aliphatic heterocycles. The minimum absolute atomic E-state index is 0.267. The molecule has 5 heteroatoms. The Morgan fingerprint density at radius 1 is 1.41 bits per heavy atom. The van der Waals surface area contributed by atoms with Crippen molar-refractivity contribution in [3.8, 4) is 0 Å². The topological polar surface area (TPSA) is 68.3 Å². The van der Waals surface area contributed by atoms with Crippen LogP contribution in [0.4, 0.5) is 11.4 Å². The molecule has 0 atom stereocenters. The molecule has 1 amide bonds. The third kappa shape index (κ3) is 2.42. The Hall–Kier alpha value is -1.94. The Kier molecular flexibility index (Phi) is 3.06. The van der Waals surface area contributed by atoms with E-state index in [-0.39, 0.29) is 11.7 Å². The van der Waals surface area contributed by atoms with Crippen LogP contribution in [0.25, 0.3) is 0 Å². The third-order valence-electron chi connectivity index (χ3n) is 2.31. The number of furan rings is 1. The second kappa shape index (κ2) is 4.51. The highest BCUT2D eigenvalue weighted by Crippen LogP contribution is 2.25. The summed E-state index contributed by atoms with van der Waals surface area (Å²) in [4.78, 5) is 11.9. The van der Waals surface area contributed by atoms with Crippen molar-refractivity contribution in [2.45, 2.75) is 6.92 Å². The fraction of sp³-hybridized carbons (Fsp3) is 0.0833. The minimum atomic E-state index is -0.347. The molecule has 1 heterocycles. The molecule has 0 bridgehead atoms. The first kappa shape index (κ1) is 11.5. The molecule has 4 nitrogen and oxygen atoms in total. The molecule has 2 aromatic rings. The Morgan fingerprint density at radius 3 is 2.82 bits per heavy atom. The number of nitrogen functional groups attached to an aromatic ring is 1. The van der Waals surface area contributed by atoms with Crippen molar-refractivity contribution in [1.82, 2.24) is 0 Å². The predicted octanol–water partition coefficient (Wildman–Crippen LogP) is 3.08. The minimum Gasteiger partial charge on any atom is -0.459 e. The highest BCUT2D eigenvalue weighted by Gasteiger charge is 2.14. The molecule has 0 aliphatic carbocycles. The van der Waals surface area contributed by atoms with Crippen LogP contribution in [0.3, 0.4) is 0 Å². The van der Waals surface area contributed by atoms with Gasteiger partial charge in [0.05, 0.1) is 17.0 Å². The van der Waals surface area contributed by atoms with Gasteiger partial charge in [0.25, 0.3) is 5.91 Å². The Labute approximate surface area is 103 Å². The van der Waals surface area contributed by atoms with Crippen LogP contribution in [-0.4, -0.2) is 5.91 Å². The van der Waals surface area contributed by atoms with Crippen LogP contribution in [0.1, 0.15) is 16.1 Å². The zero-order valence-corrected chi connectivity index (χ0v) is 9.91. The summed E-state index contributed by atoms with van der Waals surface area (Å²) in [6, 6.07) is 6.60. The van der Waals surface area contributed by atoms with Crippen molar-refractivity contribution in [3.63, 3.8) is 0 Å². The number of carbonyl (C=O) groups excluding carboxylic acids is 1. The van der Waals surface area contributed by atoms with Crippen molar-refractivity contribution < 1.29 is 9.21 Å². The number of amides is 1. The van der Waals surface area contributed by atoms with Crippen LogP contribution in [0.15, 0.2) is 34.9 Å². The summed E-state index contributed by atoms with van der Waals surface area (Å²) in [5.41, 5.74) is 7.38. The first-order valence-corrected chi connectivity index (χ1v) is 5.36. The smallest absolute Gasteiger partial charge is 0.291 e. The number of rotatable bonds is 2. The molecule has 0 saturated heterocycles. The number of aryl methyl sites for hydroxylation is 1. The fourth-order valence-corrected chi connectivity index (χ4v) is 1.59. The molecule has 1 aromatic heterocycles. The van der Waals surface area contributed by atoms with Gasteiger partial charge in [-0.25, -0.2) is 0 Å². The summed E-state index contributed by atoms with van der Waals surface area (Å²) in [5.74, 6) is -0.0801. The summed E-state index contributed by atoms with van der Waals surface area (Å²) in [7, 11) is 0. The number of hydrogen-bond donors (Lipinski definition) is 2. The summed E-state index contributed by atoms with van der Waals surface area (Å²) < 4.78 is 5.08. The SMILES string of the molecule is Cc1ccoc1C(=O)Nc1cc(N)ccc1Cl. The van der Waals surface area contributed by atoms with Crippen LogP contribution >= 0.6 is 11.6 Å². The number of anilines is 2. The third-order valence-corrected chi connectivity index (χ3v) is 2.64. The summed E-state index contributed by atoms with van der Waals surface area (Å²) >= 11 is 5.94. The van der Waals surface area contributed by atoms with Gasteiger partial charge in [-0.3, -0.25) is 4.79 Å². The number of nitrogens with two attached hydrogens (primary N) is 1. The molecule has 3 N–H and O–H groups in total. The molecule has 1 aromatic carbocycles. The second-order valence-corrected chi connectivity index (χ2v) is 4.03. The van der Waals surface area contributed by atoms with Crippen LogP contribution < -0.4 is 11.1 Å². The zero-order chi connectivity index (χ0) is 12.4. The maximum atomic E-state index is 11.9. The molecule has 2 rings (SSSR count). The maximum Gasteiger partial charge on any atom is 0.291 e. The molecule has 0 spiro atoms. The lowest BCUT2D eigenvalue weighted by molar-refractivity contribution is 0.0996. The van der Waals surface area contributed by atoms with Gasteiger partial charge in [0.1, 0.15) is 0 Å². The van der Waals surface area contributed by atoms with Crippen LogP contribution in [0.5, 0.6) is 0 Å². The van der Waals surface area contributed by atoms with Gasteiger partial charge in [-0.2, -0.15) is 0 Å². The number of hydrogen-bond acceptors (Lipinski definition) is 3. The average molecular weight is 251 g/mol. The number of benzene rings is 1. The normalized spacial score (nSPS) is 10.2. The zero-order valence-electron chi connectivity index (χ0n) is 9.16. The van der Waals surface area contributed by atoms with E-state index in [1.165, 1.54) is 6.26 Å². The van der Waals surface area contributed by atoms with Gasteiger partial charge in [-0.05, 0) is 31.2 Å².